The summed E-state index contributed by atoms with van der Waals surface area (Å²) in [5, 5.41) is 0.279. The van der Waals surface area contributed by atoms with Crippen LogP contribution in [0.2, 0.25) is 0 Å². The number of carbonyl (C=O) groups excluding carboxylic acids is 2. The maximum absolute atomic E-state index is 15.3. The Balaban J connectivity index is 1.17. The van der Waals surface area contributed by atoms with Crippen LogP contribution < -0.4 is 0 Å². The molecule has 0 saturated carbocycles. The number of rotatable bonds is 10. The van der Waals surface area contributed by atoms with E-state index in [0.29, 0.717) is 54.6 Å². The predicted molar refractivity (Wildman–Crippen MR) is 190 cm³/mol. The van der Waals surface area contributed by atoms with Crippen LogP contribution in [0.15, 0.2) is 48.5 Å². The Morgan fingerprint density at radius 2 is 1.14 bits per heavy atom. The van der Waals surface area contributed by atoms with E-state index >= 15 is 8.78 Å². The van der Waals surface area contributed by atoms with Crippen LogP contribution >= 0.6 is 11.8 Å². The van der Waals surface area contributed by atoms with E-state index in [4.69, 9.17) is 0 Å². The number of benzene rings is 2. The van der Waals surface area contributed by atoms with E-state index in [2.05, 4.69) is 26.9 Å². The maximum atomic E-state index is 15.3. The minimum Gasteiger partial charge on any atom is -0.332 e. The second-order valence-electron chi connectivity index (χ2n) is 14.5. The molecule has 4 atom stereocenters. The molecule has 49 heavy (non-hydrogen) atoms. The third kappa shape index (κ3) is 7.46. The van der Waals surface area contributed by atoms with Crippen LogP contribution in [0.1, 0.15) is 84.0 Å². The Kier molecular flexibility index (Phi) is 10.3. The first-order chi connectivity index (χ1) is 23.4. The van der Waals surface area contributed by atoms with Gasteiger partial charge in [0.25, 0.3) is 0 Å². The number of imidazole rings is 2. The van der Waals surface area contributed by atoms with Crippen LogP contribution in [0.25, 0.3) is 33.6 Å². The summed E-state index contributed by atoms with van der Waals surface area (Å²) in [6, 6.07) is 14.4. The van der Waals surface area contributed by atoms with Crippen molar-refractivity contribution < 1.29 is 18.4 Å². The van der Waals surface area contributed by atoms with E-state index in [1.54, 1.807) is 11.8 Å². The summed E-state index contributed by atoms with van der Waals surface area (Å²) in [5.74, 6) is 0.871. The number of hydrogen-bond donors (Lipinski definition) is 2. The van der Waals surface area contributed by atoms with Crippen LogP contribution in [0.3, 0.4) is 0 Å². The predicted octanol–water partition coefficient (Wildman–Crippen LogP) is 8.42. The highest BCUT2D eigenvalue weighted by molar-refractivity contribution is 7.99. The summed E-state index contributed by atoms with van der Waals surface area (Å²) in [6.45, 7) is 11.5. The summed E-state index contributed by atoms with van der Waals surface area (Å²) >= 11 is 1.72. The third-order valence-corrected chi connectivity index (χ3v) is 10.6. The summed E-state index contributed by atoms with van der Waals surface area (Å²) in [6.07, 6.45) is 4.41. The number of amides is 2. The molecular formula is C38H46F2N6O2S. The highest BCUT2D eigenvalue weighted by Crippen LogP contribution is 2.39. The average molecular weight is 689 g/mol. The van der Waals surface area contributed by atoms with Crippen molar-refractivity contribution in [2.45, 2.75) is 77.6 Å². The second-order valence-corrected chi connectivity index (χ2v) is 15.6. The largest absolute Gasteiger partial charge is 0.332 e. The molecule has 2 aliphatic heterocycles. The molecule has 0 radical (unpaired) electrons. The van der Waals surface area contributed by atoms with Crippen molar-refractivity contribution in [2.75, 3.05) is 19.3 Å². The Morgan fingerprint density at radius 3 is 1.57 bits per heavy atom. The lowest BCUT2D eigenvalue weighted by Gasteiger charge is -2.24. The molecule has 11 heteroatoms. The van der Waals surface area contributed by atoms with Gasteiger partial charge in [-0.25, -0.2) is 9.97 Å². The van der Waals surface area contributed by atoms with Gasteiger partial charge in [0.15, 0.2) is 0 Å². The zero-order valence-corrected chi connectivity index (χ0v) is 29.9. The normalized spacial score (nSPS) is 21.0. The highest BCUT2D eigenvalue weighted by Gasteiger charge is 2.39. The first-order valence-corrected chi connectivity index (χ1v) is 18.5. The number of H-pyrrole nitrogens is 2. The fourth-order valence-electron chi connectivity index (χ4n) is 7.09. The molecule has 2 amide bonds. The number of halogens is 2. The molecule has 2 N–H and O–H groups in total. The highest BCUT2D eigenvalue weighted by atomic mass is 32.2. The first-order valence-electron chi connectivity index (χ1n) is 17.3. The van der Waals surface area contributed by atoms with E-state index in [-0.39, 0.29) is 52.4 Å². The molecule has 1 unspecified atom stereocenters. The van der Waals surface area contributed by atoms with Gasteiger partial charge in [0.1, 0.15) is 23.0 Å². The van der Waals surface area contributed by atoms with Gasteiger partial charge in [-0.15, -0.1) is 0 Å². The number of likely N-dealkylation sites (tertiary alicyclic amines) is 2. The Labute approximate surface area is 291 Å². The Hall–Kier alpha value is -3.99. The van der Waals surface area contributed by atoms with Gasteiger partial charge in [-0.2, -0.15) is 20.5 Å². The molecule has 8 nitrogen and oxygen atoms in total. The van der Waals surface area contributed by atoms with E-state index in [9.17, 15) is 9.59 Å². The quantitative estimate of drug-likeness (QED) is 0.174. The molecular weight excluding hydrogens is 643 g/mol. The number of hydrogen-bond acceptors (Lipinski definition) is 5. The smallest absolute Gasteiger partial charge is 0.223 e. The Morgan fingerprint density at radius 1 is 0.735 bits per heavy atom. The molecule has 2 aromatic heterocycles. The van der Waals surface area contributed by atoms with Crippen molar-refractivity contribution in [3.05, 3.63) is 72.1 Å². The molecule has 2 fully saturated rings. The zero-order chi connectivity index (χ0) is 35.0. The number of nitrogens with one attached hydrogen (secondary N) is 2. The molecule has 2 aliphatic rings. The summed E-state index contributed by atoms with van der Waals surface area (Å²) in [7, 11) is 0. The minimum absolute atomic E-state index is 0.0735. The van der Waals surface area contributed by atoms with Crippen LogP contribution in [0.4, 0.5) is 8.78 Å². The third-order valence-electron chi connectivity index (χ3n) is 9.55. The van der Waals surface area contributed by atoms with E-state index in [0.717, 1.165) is 24.0 Å². The van der Waals surface area contributed by atoms with Gasteiger partial charge >= 0.3 is 0 Å². The maximum Gasteiger partial charge on any atom is 0.223 e. The van der Waals surface area contributed by atoms with Gasteiger partial charge in [-0.3, -0.25) is 9.59 Å². The van der Waals surface area contributed by atoms with Gasteiger partial charge < -0.3 is 19.8 Å². The van der Waals surface area contributed by atoms with Crippen molar-refractivity contribution in [3.63, 3.8) is 0 Å². The van der Waals surface area contributed by atoms with Crippen molar-refractivity contribution in [3.8, 4) is 33.6 Å². The number of thioether (sulfide) groups is 1. The number of carbonyl (C=O) groups is 2. The van der Waals surface area contributed by atoms with E-state index in [1.165, 1.54) is 0 Å². The molecule has 4 heterocycles. The SMILES string of the molecule is CS[C@H]1C[C@@H](c2nc(-c3ccc(-c4ccc(-c5nc([C@@H]6CC(C)CN6C(=O)CC(C)C)[nH]c5F)cc4)cc3)c(F)[nH]2)N(C(=O)CC(C)C)C1. The fourth-order valence-corrected chi connectivity index (χ4v) is 7.78. The van der Waals surface area contributed by atoms with Gasteiger partial charge in [-0.1, -0.05) is 83.1 Å². The van der Waals surface area contributed by atoms with Gasteiger partial charge in [0.2, 0.25) is 23.7 Å². The molecule has 2 aromatic carbocycles. The second kappa shape index (κ2) is 14.5. The van der Waals surface area contributed by atoms with Gasteiger partial charge in [0.05, 0.1) is 12.1 Å². The molecule has 6 rings (SSSR count). The summed E-state index contributed by atoms with van der Waals surface area (Å²) in [5.41, 5.74) is 3.55. The van der Waals surface area contributed by atoms with Crippen molar-refractivity contribution in [1.29, 1.82) is 0 Å². The lowest BCUT2D eigenvalue weighted by atomic mass is 10.0. The topological polar surface area (TPSA) is 98.0 Å². The molecule has 0 bridgehead atoms. The molecule has 2 saturated heterocycles. The number of aromatic amines is 2. The van der Waals surface area contributed by atoms with Crippen molar-refractivity contribution in [2.24, 2.45) is 17.8 Å². The fraction of sp³-hybridized carbons (Fsp3) is 0.474. The van der Waals surface area contributed by atoms with Crippen LogP contribution in [-0.4, -0.2) is 66.1 Å². The number of nitrogens with zero attached hydrogens (tertiary/aromatic N) is 4. The van der Waals surface area contributed by atoms with E-state index in [1.807, 2.05) is 92.3 Å². The van der Waals surface area contributed by atoms with Crippen molar-refractivity contribution in [1.82, 2.24) is 29.7 Å². The van der Waals surface area contributed by atoms with Gasteiger partial charge in [-0.05, 0) is 48.0 Å². The lowest BCUT2D eigenvalue weighted by molar-refractivity contribution is -0.133. The standard InChI is InChI=1S/C38H46F2N6O2S/c1-21(2)15-31(47)45-19-23(5)17-29(45)37-41-33(35(39)43-37)26-11-7-24(8-12-26)25-9-13-27(14-10-25)34-36(40)44-38(42-34)30-18-28(49-6)20-46(30)32(48)16-22(3)4/h7-14,21-23,28-30H,15-20H2,1-6H3,(H,41,43)(H,42,44)/t23?,28-,29-,30-/m0/s1. The molecule has 4 aromatic rings. The van der Waals surface area contributed by atoms with Crippen LogP contribution in [0, 0.1) is 29.6 Å². The lowest BCUT2D eigenvalue weighted by Crippen LogP contribution is -2.32. The Bertz CT molecular complexity index is 1780. The van der Waals surface area contributed by atoms with Crippen molar-refractivity contribution >= 4 is 23.6 Å². The first kappa shape index (κ1) is 34.9. The average Bonchev–Trinajstić information content (AvgIpc) is 3.85. The summed E-state index contributed by atoms with van der Waals surface area (Å²) in [4.78, 5) is 44.6. The van der Waals surface area contributed by atoms with Gasteiger partial charge in [0, 0.05) is 42.3 Å². The molecule has 0 spiro atoms. The zero-order valence-electron chi connectivity index (χ0n) is 29.1. The van der Waals surface area contributed by atoms with Crippen LogP contribution in [0.5, 0.6) is 0 Å². The number of aromatic nitrogens is 4. The monoisotopic (exact) mass is 688 g/mol. The minimum atomic E-state index is -0.518. The molecule has 260 valence electrons. The van der Waals surface area contributed by atoms with Crippen LogP contribution in [-0.2, 0) is 9.59 Å². The van der Waals surface area contributed by atoms with E-state index < -0.39 is 11.9 Å². The molecule has 0 aliphatic carbocycles. The summed E-state index contributed by atoms with van der Waals surface area (Å²) < 4.78 is 30.5.